The van der Waals surface area contributed by atoms with Crippen molar-refractivity contribution in [2.24, 2.45) is 0 Å². The molecule has 2 heterocycles. The Kier molecular flexibility index (Phi) is 3.97. The molecule has 1 aliphatic rings. The van der Waals surface area contributed by atoms with Gasteiger partial charge in [0.2, 0.25) is 5.91 Å². The van der Waals surface area contributed by atoms with E-state index < -0.39 is 0 Å². The molecule has 1 atom stereocenters. The summed E-state index contributed by atoms with van der Waals surface area (Å²) in [6.45, 7) is 0.948. The zero-order valence-corrected chi connectivity index (χ0v) is 11.1. The number of carbonyl (C=O) groups is 1. The molecule has 1 fully saturated rings. The summed E-state index contributed by atoms with van der Waals surface area (Å²) in [6.07, 6.45) is 5.58. The van der Waals surface area contributed by atoms with Gasteiger partial charge in [-0.1, -0.05) is 6.07 Å². The highest BCUT2D eigenvalue weighted by Crippen LogP contribution is 2.27. The lowest BCUT2D eigenvalue weighted by molar-refractivity contribution is -0.139. The molecule has 0 radical (unpaired) electrons. The summed E-state index contributed by atoms with van der Waals surface area (Å²) in [6, 6.07) is 5.97. The van der Waals surface area contributed by atoms with Gasteiger partial charge in [-0.05, 0) is 44.4 Å². The minimum atomic E-state index is -0.307. The maximum absolute atomic E-state index is 12.1. The standard InChI is InChI=1S/C14H21N3O/c1-17(2)13(18)14(9-11-16-14)8-5-7-12-6-3-4-10-15-12/h3-4,6,10,16H,5,7-9,11H2,1-2H3. The molecule has 0 aliphatic carbocycles. The maximum atomic E-state index is 12.1. The van der Waals surface area contributed by atoms with Crippen LogP contribution in [0.1, 0.15) is 25.0 Å². The van der Waals surface area contributed by atoms with Crippen molar-refractivity contribution in [2.45, 2.75) is 31.2 Å². The van der Waals surface area contributed by atoms with E-state index in [4.69, 9.17) is 0 Å². The van der Waals surface area contributed by atoms with Crippen molar-refractivity contribution in [2.75, 3.05) is 20.6 Å². The summed E-state index contributed by atoms with van der Waals surface area (Å²) < 4.78 is 0. The minimum absolute atomic E-state index is 0.203. The lowest BCUT2D eigenvalue weighted by atomic mass is 9.81. The van der Waals surface area contributed by atoms with Crippen molar-refractivity contribution >= 4 is 5.91 Å². The molecule has 18 heavy (non-hydrogen) atoms. The molecule has 0 aromatic carbocycles. The number of likely N-dealkylation sites (N-methyl/N-ethyl adjacent to an activating group) is 1. The van der Waals surface area contributed by atoms with E-state index in [1.807, 2.05) is 38.5 Å². The van der Waals surface area contributed by atoms with Crippen LogP contribution in [-0.4, -0.2) is 42.0 Å². The van der Waals surface area contributed by atoms with Gasteiger partial charge in [0.15, 0.2) is 0 Å². The number of aryl methyl sites for hydroxylation is 1. The van der Waals surface area contributed by atoms with Gasteiger partial charge in [0.1, 0.15) is 0 Å². The molecule has 98 valence electrons. The van der Waals surface area contributed by atoms with E-state index in [0.29, 0.717) is 0 Å². The van der Waals surface area contributed by atoms with Crippen LogP contribution >= 0.6 is 0 Å². The molecule has 0 spiro atoms. The summed E-state index contributed by atoms with van der Waals surface area (Å²) in [5.41, 5.74) is 0.794. The molecule has 0 saturated carbocycles. The van der Waals surface area contributed by atoms with Gasteiger partial charge in [0.05, 0.1) is 5.54 Å². The fourth-order valence-corrected chi connectivity index (χ4v) is 2.47. The lowest BCUT2D eigenvalue weighted by Gasteiger charge is -2.43. The van der Waals surface area contributed by atoms with Gasteiger partial charge in [-0.25, -0.2) is 0 Å². The SMILES string of the molecule is CN(C)C(=O)C1(CCCc2ccccn2)CCN1. The van der Waals surface area contributed by atoms with Crippen LogP contribution in [0.2, 0.25) is 0 Å². The Balaban J connectivity index is 1.86. The Morgan fingerprint density at radius 1 is 1.50 bits per heavy atom. The molecule has 1 aliphatic heterocycles. The van der Waals surface area contributed by atoms with Crippen LogP contribution in [0.25, 0.3) is 0 Å². The summed E-state index contributed by atoms with van der Waals surface area (Å²) in [5, 5.41) is 3.31. The Morgan fingerprint density at radius 3 is 2.78 bits per heavy atom. The van der Waals surface area contributed by atoms with Crippen LogP contribution in [0, 0.1) is 0 Å². The van der Waals surface area contributed by atoms with E-state index in [1.54, 1.807) is 4.90 Å². The Labute approximate surface area is 108 Å². The second-order valence-electron chi connectivity index (χ2n) is 5.13. The number of rotatable bonds is 5. The van der Waals surface area contributed by atoms with Crippen LogP contribution in [0.15, 0.2) is 24.4 Å². The van der Waals surface area contributed by atoms with E-state index in [1.165, 1.54) is 0 Å². The van der Waals surface area contributed by atoms with Crippen LogP contribution in [0.5, 0.6) is 0 Å². The lowest BCUT2D eigenvalue weighted by Crippen LogP contribution is -2.65. The highest BCUT2D eigenvalue weighted by atomic mass is 16.2. The molecule has 2 rings (SSSR count). The third-order valence-electron chi connectivity index (χ3n) is 3.59. The number of hydrogen-bond acceptors (Lipinski definition) is 3. The average molecular weight is 247 g/mol. The van der Waals surface area contributed by atoms with E-state index in [2.05, 4.69) is 10.3 Å². The zero-order chi connectivity index (χ0) is 13.0. The largest absolute Gasteiger partial charge is 0.347 e. The van der Waals surface area contributed by atoms with Crippen molar-refractivity contribution < 1.29 is 4.79 Å². The normalized spacial score (nSPS) is 22.3. The third-order valence-corrected chi connectivity index (χ3v) is 3.59. The Hall–Kier alpha value is -1.42. The molecule has 1 aromatic rings. The zero-order valence-electron chi connectivity index (χ0n) is 11.1. The molecular formula is C14H21N3O. The molecule has 1 N–H and O–H groups in total. The maximum Gasteiger partial charge on any atom is 0.242 e. The van der Waals surface area contributed by atoms with E-state index in [9.17, 15) is 4.79 Å². The number of carbonyl (C=O) groups excluding carboxylic acids is 1. The van der Waals surface area contributed by atoms with Gasteiger partial charge in [0.25, 0.3) is 0 Å². The number of hydrogen-bond donors (Lipinski definition) is 1. The van der Waals surface area contributed by atoms with E-state index in [0.717, 1.165) is 37.9 Å². The molecule has 1 saturated heterocycles. The molecule has 1 unspecified atom stereocenters. The first-order valence-electron chi connectivity index (χ1n) is 6.51. The fraction of sp³-hybridized carbons (Fsp3) is 0.571. The first-order valence-corrected chi connectivity index (χ1v) is 6.51. The molecule has 4 heteroatoms. The molecule has 1 amide bonds. The van der Waals surface area contributed by atoms with E-state index in [-0.39, 0.29) is 11.4 Å². The fourth-order valence-electron chi connectivity index (χ4n) is 2.47. The smallest absolute Gasteiger partial charge is 0.242 e. The first kappa shape index (κ1) is 13.0. The van der Waals surface area contributed by atoms with Crippen molar-refractivity contribution in [3.05, 3.63) is 30.1 Å². The summed E-state index contributed by atoms with van der Waals surface area (Å²) in [7, 11) is 3.64. The highest BCUT2D eigenvalue weighted by Gasteiger charge is 2.43. The van der Waals surface area contributed by atoms with Gasteiger partial charge >= 0.3 is 0 Å². The predicted molar refractivity (Wildman–Crippen MR) is 71.2 cm³/mol. The number of pyridine rings is 1. The number of nitrogens with one attached hydrogen (secondary N) is 1. The average Bonchev–Trinajstić information content (AvgIpc) is 2.33. The van der Waals surface area contributed by atoms with Gasteiger partial charge in [0, 0.05) is 26.0 Å². The number of amides is 1. The van der Waals surface area contributed by atoms with E-state index >= 15 is 0 Å². The van der Waals surface area contributed by atoms with Gasteiger partial charge < -0.3 is 10.2 Å². The molecular weight excluding hydrogens is 226 g/mol. The van der Waals surface area contributed by atoms with Gasteiger partial charge in [-0.3, -0.25) is 9.78 Å². The summed E-state index contributed by atoms with van der Waals surface area (Å²) in [5.74, 6) is 0.203. The Bertz CT molecular complexity index is 399. The number of aromatic nitrogens is 1. The summed E-state index contributed by atoms with van der Waals surface area (Å²) >= 11 is 0. The van der Waals surface area contributed by atoms with Gasteiger partial charge in [-0.15, -0.1) is 0 Å². The quantitative estimate of drug-likeness (QED) is 0.851. The second kappa shape index (κ2) is 5.48. The monoisotopic (exact) mass is 247 g/mol. The van der Waals surface area contributed by atoms with Crippen LogP contribution < -0.4 is 5.32 Å². The highest BCUT2D eigenvalue weighted by molar-refractivity contribution is 5.87. The van der Waals surface area contributed by atoms with Crippen LogP contribution in [0.3, 0.4) is 0 Å². The predicted octanol–water partition coefficient (Wildman–Crippen LogP) is 1.22. The number of nitrogens with zero attached hydrogens (tertiary/aromatic N) is 2. The first-order chi connectivity index (χ1) is 8.64. The Morgan fingerprint density at radius 2 is 2.28 bits per heavy atom. The molecule has 0 bridgehead atoms. The van der Waals surface area contributed by atoms with Crippen LogP contribution in [-0.2, 0) is 11.2 Å². The van der Waals surface area contributed by atoms with Crippen molar-refractivity contribution in [1.29, 1.82) is 0 Å². The van der Waals surface area contributed by atoms with Crippen LogP contribution in [0.4, 0.5) is 0 Å². The second-order valence-corrected chi connectivity index (χ2v) is 5.13. The molecule has 4 nitrogen and oxygen atoms in total. The van der Waals surface area contributed by atoms with Crippen molar-refractivity contribution in [3.8, 4) is 0 Å². The molecule has 1 aromatic heterocycles. The topological polar surface area (TPSA) is 45.2 Å². The summed E-state index contributed by atoms with van der Waals surface area (Å²) in [4.78, 5) is 18.1. The van der Waals surface area contributed by atoms with Crippen molar-refractivity contribution in [3.63, 3.8) is 0 Å². The van der Waals surface area contributed by atoms with Crippen molar-refractivity contribution in [1.82, 2.24) is 15.2 Å². The minimum Gasteiger partial charge on any atom is -0.347 e. The van der Waals surface area contributed by atoms with Gasteiger partial charge in [-0.2, -0.15) is 0 Å². The third kappa shape index (κ3) is 2.70.